The second-order valence-corrected chi connectivity index (χ2v) is 5.92. The Morgan fingerprint density at radius 1 is 1.35 bits per heavy atom. The first-order chi connectivity index (χ1) is 9.45. The van der Waals surface area contributed by atoms with E-state index in [1.165, 1.54) is 0 Å². The van der Waals surface area contributed by atoms with Crippen molar-refractivity contribution in [1.29, 1.82) is 0 Å². The SMILES string of the molecule is CCCCCNC(=O)C(C)Sc1c(F)cc(N)cc1F. The molecule has 3 nitrogen and oxygen atoms in total. The highest BCUT2D eigenvalue weighted by molar-refractivity contribution is 8.00. The van der Waals surface area contributed by atoms with Gasteiger partial charge in [-0.05, 0) is 25.5 Å². The van der Waals surface area contributed by atoms with E-state index in [-0.39, 0.29) is 16.5 Å². The van der Waals surface area contributed by atoms with E-state index in [0.717, 1.165) is 43.2 Å². The summed E-state index contributed by atoms with van der Waals surface area (Å²) in [6.07, 6.45) is 3.02. The van der Waals surface area contributed by atoms with E-state index in [4.69, 9.17) is 5.73 Å². The molecule has 3 N–H and O–H groups in total. The van der Waals surface area contributed by atoms with Gasteiger partial charge in [-0.15, -0.1) is 11.8 Å². The number of thioether (sulfide) groups is 1. The normalized spacial score (nSPS) is 12.2. The number of hydrogen-bond acceptors (Lipinski definition) is 3. The standard InChI is InChI=1S/C14H20F2N2OS/c1-3-4-5-6-18-14(19)9(2)20-13-11(15)7-10(17)8-12(13)16/h7-9H,3-6,17H2,1-2H3,(H,18,19). The molecular formula is C14H20F2N2OS. The maximum atomic E-state index is 13.6. The van der Waals surface area contributed by atoms with Crippen LogP contribution in [-0.4, -0.2) is 17.7 Å². The number of benzene rings is 1. The molecule has 0 aliphatic rings. The molecular weight excluding hydrogens is 282 g/mol. The van der Waals surface area contributed by atoms with Crippen molar-refractivity contribution < 1.29 is 13.6 Å². The lowest BCUT2D eigenvalue weighted by atomic mass is 10.2. The molecule has 0 saturated carbocycles. The zero-order chi connectivity index (χ0) is 15.1. The fourth-order valence-corrected chi connectivity index (χ4v) is 2.54. The lowest BCUT2D eigenvalue weighted by molar-refractivity contribution is -0.120. The van der Waals surface area contributed by atoms with Gasteiger partial charge in [0.2, 0.25) is 5.91 Å². The molecule has 0 heterocycles. The van der Waals surface area contributed by atoms with Gasteiger partial charge in [0.15, 0.2) is 0 Å². The molecule has 0 spiro atoms. The van der Waals surface area contributed by atoms with E-state index in [2.05, 4.69) is 12.2 Å². The summed E-state index contributed by atoms with van der Waals surface area (Å²) in [7, 11) is 0. The number of carbonyl (C=O) groups excluding carboxylic acids is 1. The number of unbranched alkanes of at least 4 members (excludes halogenated alkanes) is 2. The van der Waals surface area contributed by atoms with Crippen LogP contribution in [0.5, 0.6) is 0 Å². The van der Waals surface area contributed by atoms with Crippen molar-refractivity contribution in [1.82, 2.24) is 5.32 Å². The summed E-state index contributed by atoms with van der Waals surface area (Å²) in [5.41, 5.74) is 5.37. The number of nitrogen functional groups attached to an aromatic ring is 1. The van der Waals surface area contributed by atoms with Gasteiger partial charge in [-0.3, -0.25) is 4.79 Å². The van der Waals surface area contributed by atoms with Crippen LogP contribution in [0.25, 0.3) is 0 Å². The first kappa shape index (κ1) is 16.8. The van der Waals surface area contributed by atoms with E-state index in [9.17, 15) is 13.6 Å². The number of anilines is 1. The molecule has 6 heteroatoms. The monoisotopic (exact) mass is 302 g/mol. The number of nitrogens with two attached hydrogens (primary N) is 1. The number of nitrogens with one attached hydrogen (secondary N) is 1. The van der Waals surface area contributed by atoms with Gasteiger partial charge in [0.1, 0.15) is 11.6 Å². The zero-order valence-corrected chi connectivity index (χ0v) is 12.5. The Kier molecular flexibility index (Phi) is 6.78. The van der Waals surface area contributed by atoms with Crippen molar-refractivity contribution in [2.75, 3.05) is 12.3 Å². The van der Waals surface area contributed by atoms with Crippen molar-refractivity contribution in [3.8, 4) is 0 Å². The molecule has 1 rings (SSSR count). The average Bonchev–Trinajstić information content (AvgIpc) is 2.38. The largest absolute Gasteiger partial charge is 0.399 e. The molecule has 112 valence electrons. The first-order valence-corrected chi connectivity index (χ1v) is 7.52. The highest BCUT2D eigenvalue weighted by Gasteiger charge is 2.19. The Balaban J connectivity index is 2.57. The highest BCUT2D eigenvalue weighted by atomic mass is 32.2. The predicted molar refractivity (Wildman–Crippen MR) is 78.6 cm³/mol. The number of carbonyl (C=O) groups is 1. The lowest BCUT2D eigenvalue weighted by Crippen LogP contribution is -2.31. The van der Waals surface area contributed by atoms with Crippen LogP contribution in [0.2, 0.25) is 0 Å². The Bertz CT molecular complexity index is 445. The second kappa shape index (κ2) is 8.09. The van der Waals surface area contributed by atoms with Gasteiger partial charge < -0.3 is 11.1 Å². The molecule has 1 amide bonds. The molecule has 0 fully saturated rings. The minimum absolute atomic E-state index is 0.0287. The second-order valence-electron chi connectivity index (χ2n) is 4.57. The first-order valence-electron chi connectivity index (χ1n) is 6.64. The smallest absolute Gasteiger partial charge is 0.233 e. The van der Waals surface area contributed by atoms with Gasteiger partial charge >= 0.3 is 0 Å². The fourth-order valence-electron chi connectivity index (χ4n) is 1.65. The summed E-state index contributed by atoms with van der Waals surface area (Å²) < 4.78 is 27.2. The van der Waals surface area contributed by atoms with Gasteiger partial charge in [-0.1, -0.05) is 19.8 Å². The zero-order valence-electron chi connectivity index (χ0n) is 11.7. The van der Waals surface area contributed by atoms with Gasteiger partial charge in [0.25, 0.3) is 0 Å². The van der Waals surface area contributed by atoms with Crippen molar-refractivity contribution in [2.45, 2.75) is 43.3 Å². The molecule has 1 unspecified atom stereocenters. The van der Waals surface area contributed by atoms with Crippen LogP contribution in [0.15, 0.2) is 17.0 Å². The molecule has 0 aromatic heterocycles. The molecule has 1 aromatic carbocycles. The van der Waals surface area contributed by atoms with Crippen LogP contribution >= 0.6 is 11.8 Å². The quantitative estimate of drug-likeness (QED) is 0.461. The van der Waals surface area contributed by atoms with Crippen LogP contribution in [0.4, 0.5) is 14.5 Å². The van der Waals surface area contributed by atoms with Crippen LogP contribution in [0, 0.1) is 11.6 Å². The van der Waals surface area contributed by atoms with Gasteiger partial charge in [-0.25, -0.2) is 8.78 Å². The van der Waals surface area contributed by atoms with E-state index in [0.29, 0.717) is 6.54 Å². The third kappa shape index (κ3) is 5.00. The van der Waals surface area contributed by atoms with Gasteiger partial charge in [0.05, 0.1) is 10.1 Å². The summed E-state index contributed by atoms with van der Waals surface area (Å²) in [4.78, 5) is 11.6. The summed E-state index contributed by atoms with van der Waals surface area (Å²) in [6, 6.07) is 2.11. The van der Waals surface area contributed by atoms with E-state index < -0.39 is 16.9 Å². The molecule has 1 atom stereocenters. The van der Waals surface area contributed by atoms with Crippen LogP contribution in [0.3, 0.4) is 0 Å². The minimum atomic E-state index is -0.738. The van der Waals surface area contributed by atoms with Crippen molar-refractivity contribution >= 4 is 23.4 Å². The Morgan fingerprint density at radius 3 is 2.50 bits per heavy atom. The molecule has 0 aliphatic carbocycles. The predicted octanol–water partition coefficient (Wildman–Crippen LogP) is 3.33. The average molecular weight is 302 g/mol. The molecule has 1 aromatic rings. The Hall–Kier alpha value is -1.30. The summed E-state index contributed by atoms with van der Waals surface area (Å²) in [6.45, 7) is 4.28. The van der Waals surface area contributed by atoms with Crippen LogP contribution in [0.1, 0.15) is 33.1 Å². The van der Waals surface area contributed by atoms with Crippen LogP contribution in [-0.2, 0) is 4.79 Å². The summed E-state index contributed by atoms with van der Waals surface area (Å²) >= 11 is 0.860. The molecule has 20 heavy (non-hydrogen) atoms. The molecule has 0 bridgehead atoms. The van der Waals surface area contributed by atoms with E-state index >= 15 is 0 Å². The van der Waals surface area contributed by atoms with Gasteiger partial charge in [0, 0.05) is 12.2 Å². The van der Waals surface area contributed by atoms with Crippen molar-refractivity contribution in [3.05, 3.63) is 23.8 Å². The van der Waals surface area contributed by atoms with Crippen molar-refractivity contribution in [2.24, 2.45) is 0 Å². The van der Waals surface area contributed by atoms with Gasteiger partial charge in [-0.2, -0.15) is 0 Å². The highest BCUT2D eigenvalue weighted by Crippen LogP contribution is 2.30. The molecule has 0 saturated heterocycles. The molecule has 0 radical (unpaired) electrons. The van der Waals surface area contributed by atoms with E-state index in [1.54, 1.807) is 6.92 Å². The summed E-state index contributed by atoms with van der Waals surface area (Å²) in [5.74, 6) is -1.70. The number of hydrogen-bond donors (Lipinski definition) is 2. The third-order valence-electron chi connectivity index (χ3n) is 2.76. The molecule has 0 aliphatic heterocycles. The number of amides is 1. The number of halogens is 2. The minimum Gasteiger partial charge on any atom is -0.399 e. The maximum absolute atomic E-state index is 13.6. The lowest BCUT2D eigenvalue weighted by Gasteiger charge is -2.13. The maximum Gasteiger partial charge on any atom is 0.233 e. The fraction of sp³-hybridized carbons (Fsp3) is 0.500. The summed E-state index contributed by atoms with van der Waals surface area (Å²) in [5, 5.41) is 2.19. The third-order valence-corrected chi connectivity index (χ3v) is 3.96. The van der Waals surface area contributed by atoms with Crippen molar-refractivity contribution in [3.63, 3.8) is 0 Å². The van der Waals surface area contributed by atoms with Crippen LogP contribution < -0.4 is 11.1 Å². The topological polar surface area (TPSA) is 55.1 Å². The Morgan fingerprint density at radius 2 is 1.95 bits per heavy atom. The number of rotatable bonds is 7. The Labute approximate surface area is 122 Å². The van der Waals surface area contributed by atoms with E-state index in [1.807, 2.05) is 0 Å².